The van der Waals surface area contributed by atoms with Gasteiger partial charge in [-0.2, -0.15) is 0 Å². The summed E-state index contributed by atoms with van der Waals surface area (Å²) in [7, 11) is 2.02. The largest absolute Gasteiger partial charge is 0.326 e. The molecule has 2 aromatic carbocycles. The summed E-state index contributed by atoms with van der Waals surface area (Å²) < 4.78 is 0. The Labute approximate surface area is 167 Å². The van der Waals surface area contributed by atoms with E-state index < -0.39 is 0 Å². The van der Waals surface area contributed by atoms with Gasteiger partial charge in [0, 0.05) is 17.8 Å². The van der Waals surface area contributed by atoms with Gasteiger partial charge < -0.3 is 10.6 Å². The topological polar surface area (TPSA) is 61.4 Å². The van der Waals surface area contributed by atoms with Gasteiger partial charge in [-0.3, -0.25) is 14.5 Å². The molecule has 1 aliphatic rings. The number of nitrogens with one attached hydrogen (secondary N) is 2. The first kappa shape index (κ1) is 20.1. The van der Waals surface area contributed by atoms with E-state index in [4.69, 9.17) is 0 Å². The van der Waals surface area contributed by atoms with Crippen molar-refractivity contribution < 1.29 is 9.59 Å². The van der Waals surface area contributed by atoms with Crippen LogP contribution in [0.2, 0.25) is 0 Å². The highest BCUT2D eigenvalue weighted by Crippen LogP contribution is 2.19. The van der Waals surface area contributed by atoms with Gasteiger partial charge in [-0.15, -0.1) is 0 Å². The minimum Gasteiger partial charge on any atom is -0.326 e. The first-order chi connectivity index (χ1) is 13.6. The maximum absolute atomic E-state index is 12.6. The molecule has 0 spiro atoms. The molecular formula is C23H29N3O2. The molecule has 0 bridgehead atoms. The van der Waals surface area contributed by atoms with E-state index in [2.05, 4.69) is 15.5 Å². The minimum absolute atomic E-state index is 0.0132. The van der Waals surface area contributed by atoms with Gasteiger partial charge in [0.25, 0.3) is 0 Å². The molecule has 148 valence electrons. The second-order valence-electron chi connectivity index (χ2n) is 7.45. The number of anilines is 2. The fourth-order valence-electron chi connectivity index (χ4n) is 3.57. The predicted molar refractivity (Wildman–Crippen MR) is 113 cm³/mol. The lowest BCUT2D eigenvalue weighted by Gasteiger charge is -2.24. The van der Waals surface area contributed by atoms with Crippen molar-refractivity contribution in [2.24, 2.45) is 0 Å². The van der Waals surface area contributed by atoms with Gasteiger partial charge in [-0.25, -0.2) is 0 Å². The average Bonchev–Trinajstić information content (AvgIpc) is 2.93. The number of hydrogen-bond acceptors (Lipinski definition) is 3. The summed E-state index contributed by atoms with van der Waals surface area (Å²) in [5.41, 5.74) is 2.65. The molecule has 1 saturated heterocycles. The Morgan fingerprint density at radius 3 is 2.32 bits per heavy atom. The van der Waals surface area contributed by atoms with Crippen LogP contribution in [0.1, 0.15) is 37.7 Å². The molecule has 2 N–H and O–H groups in total. The van der Waals surface area contributed by atoms with Crippen molar-refractivity contribution >= 4 is 23.2 Å². The second-order valence-corrected chi connectivity index (χ2v) is 7.45. The summed E-state index contributed by atoms with van der Waals surface area (Å²) in [5.74, 6) is 0.0322. The zero-order chi connectivity index (χ0) is 19.8. The van der Waals surface area contributed by atoms with Crippen LogP contribution in [0.3, 0.4) is 0 Å². The van der Waals surface area contributed by atoms with Gasteiger partial charge in [0.05, 0.1) is 6.04 Å². The van der Waals surface area contributed by atoms with E-state index in [1.165, 1.54) is 6.42 Å². The molecule has 2 amide bonds. The van der Waals surface area contributed by atoms with E-state index in [1.54, 1.807) is 0 Å². The van der Waals surface area contributed by atoms with Crippen LogP contribution in [0.5, 0.6) is 0 Å². The Balaban J connectivity index is 1.48. The summed E-state index contributed by atoms with van der Waals surface area (Å²) in [5, 5.41) is 5.92. The predicted octanol–water partition coefficient (Wildman–Crippen LogP) is 4.07. The first-order valence-corrected chi connectivity index (χ1v) is 10.1. The van der Waals surface area contributed by atoms with E-state index in [9.17, 15) is 9.59 Å². The summed E-state index contributed by atoms with van der Waals surface area (Å²) in [4.78, 5) is 26.9. The van der Waals surface area contributed by atoms with Crippen molar-refractivity contribution in [2.45, 2.75) is 44.6 Å². The SMILES string of the molecule is CN1CCCCCC1C(=O)Nc1ccc(NC(=O)CCc2ccccc2)cc1. The lowest BCUT2D eigenvalue weighted by Crippen LogP contribution is -2.41. The minimum atomic E-state index is -0.0696. The smallest absolute Gasteiger partial charge is 0.241 e. The maximum atomic E-state index is 12.6. The van der Waals surface area contributed by atoms with Gasteiger partial charge in [0.1, 0.15) is 0 Å². The van der Waals surface area contributed by atoms with E-state index in [0.717, 1.165) is 49.2 Å². The Bertz CT molecular complexity index is 774. The summed E-state index contributed by atoms with van der Waals surface area (Å²) in [6.07, 6.45) is 5.49. The monoisotopic (exact) mass is 379 g/mol. The zero-order valence-corrected chi connectivity index (χ0v) is 16.5. The molecule has 28 heavy (non-hydrogen) atoms. The second kappa shape index (κ2) is 10.0. The summed E-state index contributed by atoms with van der Waals surface area (Å²) in [6, 6.07) is 17.2. The van der Waals surface area contributed by atoms with E-state index in [0.29, 0.717) is 6.42 Å². The van der Waals surface area contributed by atoms with E-state index in [1.807, 2.05) is 61.6 Å². The van der Waals surface area contributed by atoms with Crippen LogP contribution in [0, 0.1) is 0 Å². The third-order valence-corrected chi connectivity index (χ3v) is 5.24. The van der Waals surface area contributed by atoms with Gasteiger partial charge in [0.2, 0.25) is 11.8 Å². The van der Waals surface area contributed by atoms with Crippen LogP contribution in [0.15, 0.2) is 54.6 Å². The molecule has 1 fully saturated rings. The lowest BCUT2D eigenvalue weighted by molar-refractivity contribution is -0.121. The van der Waals surface area contributed by atoms with E-state index >= 15 is 0 Å². The Morgan fingerprint density at radius 1 is 0.929 bits per heavy atom. The van der Waals surface area contributed by atoms with Crippen molar-refractivity contribution in [3.8, 4) is 0 Å². The Hall–Kier alpha value is -2.66. The molecule has 0 aromatic heterocycles. The van der Waals surface area contributed by atoms with Crippen molar-refractivity contribution in [1.29, 1.82) is 0 Å². The molecule has 0 saturated carbocycles. The van der Waals surface area contributed by atoms with Gasteiger partial charge in [-0.05, 0) is 62.7 Å². The zero-order valence-electron chi connectivity index (χ0n) is 16.5. The fourth-order valence-corrected chi connectivity index (χ4v) is 3.57. The molecule has 2 aromatic rings. The van der Waals surface area contributed by atoms with Crippen LogP contribution in [-0.2, 0) is 16.0 Å². The van der Waals surface area contributed by atoms with Gasteiger partial charge in [-0.1, -0.05) is 43.2 Å². The average molecular weight is 380 g/mol. The number of aryl methyl sites for hydroxylation is 1. The third kappa shape index (κ3) is 5.92. The van der Waals surface area contributed by atoms with Crippen molar-refractivity contribution in [1.82, 2.24) is 4.90 Å². The molecule has 1 unspecified atom stereocenters. The molecule has 1 heterocycles. The summed E-state index contributed by atoms with van der Waals surface area (Å²) in [6.45, 7) is 0.964. The number of rotatable bonds is 6. The highest BCUT2D eigenvalue weighted by Gasteiger charge is 2.24. The molecule has 1 aliphatic heterocycles. The van der Waals surface area contributed by atoms with Crippen LogP contribution in [-0.4, -0.2) is 36.3 Å². The number of carbonyl (C=O) groups excluding carboxylic acids is 2. The molecular weight excluding hydrogens is 350 g/mol. The maximum Gasteiger partial charge on any atom is 0.241 e. The van der Waals surface area contributed by atoms with Gasteiger partial charge in [0.15, 0.2) is 0 Å². The number of carbonyl (C=O) groups is 2. The van der Waals surface area contributed by atoms with Crippen LogP contribution in [0.25, 0.3) is 0 Å². The first-order valence-electron chi connectivity index (χ1n) is 10.1. The normalized spacial score (nSPS) is 17.5. The molecule has 5 nitrogen and oxygen atoms in total. The number of likely N-dealkylation sites (N-methyl/N-ethyl adjacent to an activating group) is 1. The van der Waals surface area contributed by atoms with Crippen molar-refractivity contribution in [3.05, 3.63) is 60.2 Å². The molecule has 5 heteroatoms. The number of hydrogen-bond donors (Lipinski definition) is 2. The molecule has 3 rings (SSSR count). The quantitative estimate of drug-likeness (QED) is 0.795. The van der Waals surface area contributed by atoms with Crippen LogP contribution >= 0.6 is 0 Å². The number of amides is 2. The van der Waals surface area contributed by atoms with Crippen molar-refractivity contribution in [2.75, 3.05) is 24.2 Å². The highest BCUT2D eigenvalue weighted by molar-refractivity contribution is 5.95. The molecule has 0 radical (unpaired) electrons. The standard InChI is InChI=1S/C23H29N3O2/c1-26-17-7-3-6-10-21(26)23(28)25-20-14-12-19(13-15-20)24-22(27)16-11-18-8-4-2-5-9-18/h2,4-5,8-9,12-15,21H,3,6-7,10-11,16-17H2,1H3,(H,24,27)(H,25,28). The van der Waals surface area contributed by atoms with E-state index in [-0.39, 0.29) is 17.9 Å². The number of likely N-dealkylation sites (tertiary alicyclic amines) is 1. The lowest BCUT2D eigenvalue weighted by atomic mass is 10.1. The third-order valence-electron chi connectivity index (χ3n) is 5.24. The van der Waals surface area contributed by atoms with Crippen LogP contribution in [0.4, 0.5) is 11.4 Å². The summed E-state index contributed by atoms with van der Waals surface area (Å²) >= 11 is 0. The molecule has 1 atom stereocenters. The van der Waals surface area contributed by atoms with Crippen molar-refractivity contribution in [3.63, 3.8) is 0 Å². The number of benzene rings is 2. The van der Waals surface area contributed by atoms with Crippen LogP contribution < -0.4 is 10.6 Å². The molecule has 0 aliphatic carbocycles. The Kier molecular flexibility index (Phi) is 7.20. The Morgan fingerprint density at radius 2 is 1.61 bits per heavy atom. The number of nitrogens with zero attached hydrogens (tertiary/aromatic N) is 1. The fraction of sp³-hybridized carbons (Fsp3) is 0.391. The highest BCUT2D eigenvalue weighted by atomic mass is 16.2. The van der Waals surface area contributed by atoms with Gasteiger partial charge >= 0.3 is 0 Å².